The van der Waals surface area contributed by atoms with E-state index in [1.165, 1.54) is 0 Å². The van der Waals surface area contributed by atoms with E-state index in [4.69, 9.17) is 0 Å². The van der Waals surface area contributed by atoms with Crippen molar-refractivity contribution in [3.05, 3.63) is 64.7 Å². The Balaban J connectivity index is 1.62. The fourth-order valence-corrected chi connectivity index (χ4v) is 5.49. The zero-order chi connectivity index (χ0) is 24.6. The molecule has 1 amide bonds. The molecule has 2 aliphatic rings. The molecule has 2 aliphatic heterocycles. The van der Waals surface area contributed by atoms with Crippen LogP contribution in [0.2, 0.25) is 0 Å². The minimum atomic E-state index is -0.446. The second-order valence-electron chi connectivity index (χ2n) is 10.6. The summed E-state index contributed by atoms with van der Waals surface area (Å²) < 4.78 is 1.87. The van der Waals surface area contributed by atoms with E-state index in [0.717, 1.165) is 44.4 Å². The lowest BCUT2D eigenvalue weighted by molar-refractivity contribution is 0.0995. The van der Waals surface area contributed by atoms with Crippen LogP contribution in [0, 0.1) is 6.92 Å². The van der Waals surface area contributed by atoms with Gasteiger partial charge in [-0.1, -0.05) is 30.4 Å². The molecule has 2 N–H and O–H groups in total. The summed E-state index contributed by atoms with van der Waals surface area (Å²) in [6.07, 6.45) is 4.29. The molecule has 0 saturated carbocycles. The molecule has 0 bridgehead atoms. The molecule has 0 aliphatic carbocycles. The number of anilines is 1. The standard InChI is InChI=1S/C28H30N4O2/c1-15-11-20-16(2)13-27(4,5)29-22(20)21(12-15)25(33)31-30-23-19-10-8-9-18-17(3)14-28(6,7)32(24(18)19)26(23)34/h8-14,29,34H,1-7H3. The monoisotopic (exact) mass is 454 g/mol. The van der Waals surface area contributed by atoms with Crippen LogP contribution in [0.3, 0.4) is 0 Å². The van der Waals surface area contributed by atoms with Gasteiger partial charge in [0.15, 0.2) is 5.69 Å². The molecular weight excluding hydrogens is 424 g/mol. The number of carbonyl (C=O) groups excluding carboxylic acids is 1. The molecule has 3 heterocycles. The quantitative estimate of drug-likeness (QED) is 0.398. The first-order valence-electron chi connectivity index (χ1n) is 11.5. The Labute approximate surface area is 199 Å². The molecule has 0 atom stereocenters. The molecule has 174 valence electrons. The topological polar surface area (TPSA) is 79.0 Å². The number of azo groups is 1. The fourth-order valence-electron chi connectivity index (χ4n) is 5.49. The highest BCUT2D eigenvalue weighted by Gasteiger charge is 2.32. The summed E-state index contributed by atoms with van der Waals surface area (Å²) in [6, 6.07) is 9.80. The molecule has 2 aromatic carbocycles. The zero-order valence-corrected chi connectivity index (χ0v) is 20.7. The Bertz CT molecular complexity index is 1480. The van der Waals surface area contributed by atoms with Crippen molar-refractivity contribution in [1.29, 1.82) is 0 Å². The van der Waals surface area contributed by atoms with Gasteiger partial charge in [0.05, 0.1) is 27.8 Å². The molecule has 34 heavy (non-hydrogen) atoms. The highest BCUT2D eigenvalue weighted by molar-refractivity contribution is 6.05. The van der Waals surface area contributed by atoms with Crippen molar-refractivity contribution in [2.75, 3.05) is 5.32 Å². The average molecular weight is 455 g/mol. The second kappa shape index (κ2) is 7.16. The van der Waals surface area contributed by atoms with E-state index in [-0.39, 0.29) is 11.4 Å². The SMILES string of the molecule is CC1=CC(C)(C)Nc2c(C(=O)N=Nc3c(O)n4c5c(cccc35)C(C)=CC4(C)C)cc(C)cc21. The normalized spacial score (nSPS) is 17.9. The van der Waals surface area contributed by atoms with Crippen molar-refractivity contribution in [3.63, 3.8) is 0 Å². The lowest BCUT2D eigenvalue weighted by Gasteiger charge is -2.32. The van der Waals surface area contributed by atoms with Gasteiger partial charge in [-0.3, -0.25) is 4.79 Å². The lowest BCUT2D eigenvalue weighted by atomic mass is 9.88. The third-order valence-electron chi connectivity index (χ3n) is 6.71. The maximum absolute atomic E-state index is 13.3. The van der Waals surface area contributed by atoms with Gasteiger partial charge in [-0.15, -0.1) is 10.2 Å². The van der Waals surface area contributed by atoms with E-state index in [1.807, 2.05) is 49.6 Å². The van der Waals surface area contributed by atoms with Crippen molar-refractivity contribution in [1.82, 2.24) is 4.57 Å². The van der Waals surface area contributed by atoms with Crippen LogP contribution >= 0.6 is 0 Å². The maximum atomic E-state index is 13.3. The first-order chi connectivity index (χ1) is 15.9. The number of allylic oxidation sites excluding steroid dienone is 3. The summed E-state index contributed by atoms with van der Waals surface area (Å²) in [6.45, 7) is 14.3. The Kier molecular flexibility index (Phi) is 4.66. The largest absolute Gasteiger partial charge is 0.493 e. The van der Waals surface area contributed by atoms with Gasteiger partial charge in [0.1, 0.15) is 0 Å². The van der Waals surface area contributed by atoms with Gasteiger partial charge in [0.2, 0.25) is 5.88 Å². The Morgan fingerprint density at radius 3 is 2.44 bits per heavy atom. The number of fused-ring (bicyclic) bond motifs is 1. The molecule has 0 saturated heterocycles. The molecule has 0 unspecified atom stereocenters. The van der Waals surface area contributed by atoms with Crippen molar-refractivity contribution >= 4 is 39.3 Å². The number of aromatic nitrogens is 1. The zero-order valence-electron chi connectivity index (χ0n) is 20.7. The van der Waals surface area contributed by atoms with Crippen LogP contribution in [0.15, 0.2) is 52.7 Å². The van der Waals surface area contributed by atoms with Gasteiger partial charge in [-0.2, -0.15) is 0 Å². The number of aromatic hydroxyl groups is 1. The van der Waals surface area contributed by atoms with Crippen LogP contribution in [0.25, 0.3) is 22.0 Å². The average Bonchev–Trinajstić information content (AvgIpc) is 3.02. The van der Waals surface area contributed by atoms with E-state index in [0.29, 0.717) is 11.3 Å². The summed E-state index contributed by atoms with van der Waals surface area (Å²) in [5.41, 5.74) is 7.02. The van der Waals surface area contributed by atoms with Crippen LogP contribution in [0.1, 0.15) is 68.6 Å². The van der Waals surface area contributed by atoms with Crippen LogP contribution < -0.4 is 5.32 Å². The Morgan fingerprint density at radius 1 is 1.00 bits per heavy atom. The molecular formula is C28H30N4O2. The van der Waals surface area contributed by atoms with Gasteiger partial charge in [-0.05, 0) is 77.3 Å². The van der Waals surface area contributed by atoms with E-state index in [9.17, 15) is 9.90 Å². The minimum absolute atomic E-state index is 0.0112. The third kappa shape index (κ3) is 3.28. The molecule has 1 aromatic heterocycles. The van der Waals surface area contributed by atoms with Gasteiger partial charge in [0, 0.05) is 16.5 Å². The second-order valence-corrected chi connectivity index (χ2v) is 10.6. The van der Waals surface area contributed by atoms with Gasteiger partial charge < -0.3 is 15.0 Å². The number of rotatable bonds is 2. The van der Waals surface area contributed by atoms with Crippen LogP contribution in [-0.2, 0) is 5.54 Å². The number of amides is 1. The molecule has 0 radical (unpaired) electrons. The number of hydrogen-bond acceptors (Lipinski definition) is 4. The first-order valence-corrected chi connectivity index (χ1v) is 11.5. The number of para-hydroxylation sites is 1. The third-order valence-corrected chi connectivity index (χ3v) is 6.71. The summed E-state index contributed by atoms with van der Waals surface area (Å²) in [5.74, 6) is -0.435. The van der Waals surface area contributed by atoms with E-state index in [1.54, 1.807) is 0 Å². The highest BCUT2D eigenvalue weighted by Crippen LogP contribution is 2.48. The van der Waals surface area contributed by atoms with Crippen LogP contribution in [0.5, 0.6) is 5.88 Å². The molecule has 0 spiro atoms. The molecule has 5 rings (SSSR count). The number of benzene rings is 2. The van der Waals surface area contributed by atoms with Crippen molar-refractivity contribution < 1.29 is 9.90 Å². The van der Waals surface area contributed by atoms with Gasteiger partial charge in [0.25, 0.3) is 5.91 Å². The molecule has 6 heteroatoms. The predicted molar refractivity (Wildman–Crippen MR) is 138 cm³/mol. The van der Waals surface area contributed by atoms with Crippen molar-refractivity contribution in [2.24, 2.45) is 10.2 Å². The van der Waals surface area contributed by atoms with E-state index in [2.05, 4.69) is 61.5 Å². The summed E-state index contributed by atoms with van der Waals surface area (Å²) in [7, 11) is 0. The smallest absolute Gasteiger partial charge is 0.297 e. The maximum Gasteiger partial charge on any atom is 0.297 e. The summed E-state index contributed by atoms with van der Waals surface area (Å²) >= 11 is 0. The predicted octanol–water partition coefficient (Wildman–Crippen LogP) is 7.34. The van der Waals surface area contributed by atoms with E-state index >= 15 is 0 Å². The first kappa shape index (κ1) is 22.1. The van der Waals surface area contributed by atoms with Gasteiger partial charge in [-0.25, -0.2) is 0 Å². The molecule has 6 nitrogen and oxygen atoms in total. The summed E-state index contributed by atoms with van der Waals surface area (Å²) in [5, 5.41) is 23.8. The lowest BCUT2D eigenvalue weighted by Crippen LogP contribution is -2.32. The van der Waals surface area contributed by atoms with Crippen LogP contribution in [0.4, 0.5) is 11.4 Å². The number of hydrogen-bond donors (Lipinski definition) is 2. The number of aryl methyl sites for hydroxylation is 1. The van der Waals surface area contributed by atoms with E-state index < -0.39 is 11.4 Å². The molecule has 3 aromatic rings. The Morgan fingerprint density at radius 2 is 1.71 bits per heavy atom. The Hall–Kier alpha value is -3.67. The number of nitrogens with one attached hydrogen (secondary N) is 1. The van der Waals surface area contributed by atoms with Gasteiger partial charge >= 0.3 is 0 Å². The molecule has 0 fully saturated rings. The minimum Gasteiger partial charge on any atom is -0.493 e. The van der Waals surface area contributed by atoms with Crippen molar-refractivity contribution in [3.8, 4) is 5.88 Å². The summed E-state index contributed by atoms with van der Waals surface area (Å²) in [4.78, 5) is 13.3. The number of carbonyl (C=O) groups is 1. The fraction of sp³-hybridized carbons (Fsp3) is 0.321. The number of nitrogens with zero attached hydrogens (tertiary/aromatic N) is 3. The highest BCUT2D eigenvalue weighted by atomic mass is 16.3. The van der Waals surface area contributed by atoms with Crippen molar-refractivity contribution in [2.45, 2.75) is 59.5 Å². The van der Waals surface area contributed by atoms with Crippen LogP contribution in [-0.4, -0.2) is 21.1 Å².